The van der Waals surface area contributed by atoms with E-state index in [4.69, 9.17) is 5.73 Å². The zero-order chi connectivity index (χ0) is 14.8. The minimum Gasteiger partial charge on any atom is -0.368 e. The van der Waals surface area contributed by atoms with Gasteiger partial charge in [-0.3, -0.25) is 10.1 Å². The highest BCUT2D eigenvalue weighted by Crippen LogP contribution is 2.44. The quantitative estimate of drug-likeness (QED) is 0.895. The van der Waals surface area contributed by atoms with Crippen molar-refractivity contribution in [2.24, 2.45) is 17.1 Å². The van der Waals surface area contributed by atoms with Gasteiger partial charge in [0.15, 0.2) is 0 Å². The van der Waals surface area contributed by atoms with Crippen LogP contribution in [0.1, 0.15) is 51.3 Å². The molecule has 1 amide bonds. The normalized spacial score (nSPS) is 27.4. The standard InChI is InChI=1S/C16H26N2OS/c1-15(2,3)13-8-4-5-9-16(13,14(17)19)18-11-12-7-6-10-20-12/h6-7,10,13,18H,4-5,8-9,11H2,1-3H3,(H2,17,19). The lowest BCUT2D eigenvalue weighted by Gasteiger charge is -2.48. The molecule has 0 bridgehead atoms. The highest BCUT2D eigenvalue weighted by Gasteiger charge is 2.49. The molecule has 1 aliphatic rings. The predicted octanol–water partition coefficient (Wildman–Crippen LogP) is 3.30. The molecule has 1 aromatic rings. The second-order valence-corrected chi connectivity index (χ2v) is 7.97. The van der Waals surface area contributed by atoms with Crippen LogP contribution in [0.3, 0.4) is 0 Å². The SMILES string of the molecule is CC(C)(C)C1CCCCC1(NCc1cccs1)C(N)=O. The Bertz CT molecular complexity index is 450. The van der Waals surface area contributed by atoms with Gasteiger partial charge >= 0.3 is 0 Å². The lowest BCUT2D eigenvalue weighted by Crippen LogP contribution is -2.63. The van der Waals surface area contributed by atoms with Gasteiger partial charge in [-0.25, -0.2) is 0 Å². The van der Waals surface area contributed by atoms with Crippen LogP contribution in [0, 0.1) is 11.3 Å². The zero-order valence-electron chi connectivity index (χ0n) is 12.7. The Kier molecular flexibility index (Phi) is 4.55. The van der Waals surface area contributed by atoms with Crippen molar-refractivity contribution in [3.8, 4) is 0 Å². The fourth-order valence-electron chi connectivity index (χ4n) is 3.60. The second-order valence-electron chi connectivity index (χ2n) is 6.93. The average Bonchev–Trinajstić information content (AvgIpc) is 2.88. The average molecular weight is 294 g/mol. The van der Waals surface area contributed by atoms with Crippen LogP contribution in [0.5, 0.6) is 0 Å². The molecule has 1 saturated carbocycles. The summed E-state index contributed by atoms with van der Waals surface area (Å²) in [5.41, 5.74) is 5.36. The van der Waals surface area contributed by atoms with Crippen molar-refractivity contribution in [1.29, 1.82) is 0 Å². The van der Waals surface area contributed by atoms with E-state index in [0.717, 1.165) is 25.8 Å². The summed E-state index contributed by atoms with van der Waals surface area (Å²) in [4.78, 5) is 13.5. The van der Waals surface area contributed by atoms with Crippen LogP contribution in [0.2, 0.25) is 0 Å². The van der Waals surface area contributed by atoms with E-state index < -0.39 is 5.54 Å². The number of nitrogens with one attached hydrogen (secondary N) is 1. The van der Waals surface area contributed by atoms with Gasteiger partial charge in [-0.2, -0.15) is 0 Å². The Morgan fingerprint density at radius 1 is 1.50 bits per heavy atom. The van der Waals surface area contributed by atoms with Gasteiger partial charge in [-0.1, -0.05) is 39.7 Å². The van der Waals surface area contributed by atoms with Crippen molar-refractivity contribution in [1.82, 2.24) is 5.32 Å². The number of carbonyl (C=O) groups excluding carboxylic acids is 1. The van der Waals surface area contributed by atoms with Crippen LogP contribution in [0.25, 0.3) is 0 Å². The maximum absolute atomic E-state index is 12.3. The zero-order valence-corrected chi connectivity index (χ0v) is 13.6. The molecule has 2 rings (SSSR count). The van der Waals surface area contributed by atoms with Gasteiger partial charge in [-0.15, -0.1) is 11.3 Å². The maximum atomic E-state index is 12.3. The van der Waals surface area contributed by atoms with E-state index in [1.54, 1.807) is 11.3 Å². The lowest BCUT2D eigenvalue weighted by molar-refractivity contribution is -0.131. The molecule has 1 fully saturated rings. The topological polar surface area (TPSA) is 55.1 Å². The molecule has 1 aromatic heterocycles. The smallest absolute Gasteiger partial charge is 0.238 e. The summed E-state index contributed by atoms with van der Waals surface area (Å²) in [6, 6.07) is 4.14. The Morgan fingerprint density at radius 2 is 2.25 bits per heavy atom. The third-order valence-corrected chi connectivity index (χ3v) is 5.43. The number of amides is 1. The summed E-state index contributed by atoms with van der Waals surface area (Å²) >= 11 is 1.72. The molecule has 20 heavy (non-hydrogen) atoms. The van der Waals surface area contributed by atoms with E-state index in [2.05, 4.69) is 37.5 Å². The highest BCUT2D eigenvalue weighted by atomic mass is 32.1. The van der Waals surface area contributed by atoms with Crippen LogP contribution in [0.4, 0.5) is 0 Å². The van der Waals surface area contributed by atoms with Gasteiger partial charge in [0.25, 0.3) is 0 Å². The van der Waals surface area contributed by atoms with Crippen molar-refractivity contribution in [3.05, 3.63) is 22.4 Å². The predicted molar refractivity (Wildman–Crippen MR) is 84.5 cm³/mol. The van der Waals surface area contributed by atoms with Crippen LogP contribution in [0.15, 0.2) is 17.5 Å². The van der Waals surface area contributed by atoms with Gasteiger partial charge in [0, 0.05) is 11.4 Å². The second kappa shape index (κ2) is 5.86. The first-order valence-corrected chi connectivity index (χ1v) is 8.31. The molecule has 0 aliphatic heterocycles. The maximum Gasteiger partial charge on any atom is 0.238 e. The molecule has 1 heterocycles. The van der Waals surface area contributed by atoms with E-state index >= 15 is 0 Å². The van der Waals surface area contributed by atoms with Crippen molar-refractivity contribution < 1.29 is 4.79 Å². The summed E-state index contributed by atoms with van der Waals surface area (Å²) in [6.45, 7) is 7.38. The van der Waals surface area contributed by atoms with Crippen molar-refractivity contribution in [2.75, 3.05) is 0 Å². The molecule has 112 valence electrons. The molecular formula is C16H26N2OS. The van der Waals surface area contributed by atoms with Gasteiger partial charge in [-0.05, 0) is 35.6 Å². The third kappa shape index (κ3) is 3.07. The van der Waals surface area contributed by atoms with Crippen LogP contribution < -0.4 is 11.1 Å². The molecule has 0 aromatic carbocycles. The van der Waals surface area contributed by atoms with Gasteiger partial charge in [0.05, 0.1) is 0 Å². The summed E-state index contributed by atoms with van der Waals surface area (Å²) in [5.74, 6) is 0.106. The molecule has 0 saturated heterocycles. The highest BCUT2D eigenvalue weighted by molar-refractivity contribution is 7.09. The van der Waals surface area contributed by atoms with Crippen molar-refractivity contribution in [2.45, 2.75) is 58.5 Å². The van der Waals surface area contributed by atoms with E-state index in [9.17, 15) is 4.79 Å². The monoisotopic (exact) mass is 294 g/mol. The Balaban J connectivity index is 2.23. The Hall–Kier alpha value is -0.870. The summed E-state index contributed by atoms with van der Waals surface area (Å²) < 4.78 is 0. The van der Waals surface area contributed by atoms with Crippen LogP contribution in [-0.4, -0.2) is 11.4 Å². The summed E-state index contributed by atoms with van der Waals surface area (Å²) in [7, 11) is 0. The largest absolute Gasteiger partial charge is 0.368 e. The number of nitrogens with two attached hydrogens (primary N) is 1. The third-order valence-electron chi connectivity index (χ3n) is 4.55. The minimum atomic E-state index is -0.555. The molecule has 3 N–H and O–H groups in total. The van der Waals surface area contributed by atoms with Gasteiger partial charge in [0.1, 0.15) is 5.54 Å². The number of primary amides is 1. The van der Waals surface area contributed by atoms with Crippen molar-refractivity contribution >= 4 is 17.2 Å². The van der Waals surface area contributed by atoms with E-state index in [-0.39, 0.29) is 11.3 Å². The molecule has 4 heteroatoms. The van der Waals surface area contributed by atoms with Gasteiger partial charge < -0.3 is 5.73 Å². The van der Waals surface area contributed by atoms with Crippen LogP contribution in [-0.2, 0) is 11.3 Å². The molecule has 0 radical (unpaired) electrons. The summed E-state index contributed by atoms with van der Waals surface area (Å²) in [6.07, 6.45) is 4.20. The molecule has 0 spiro atoms. The van der Waals surface area contributed by atoms with E-state index in [0.29, 0.717) is 5.92 Å². The molecular weight excluding hydrogens is 268 g/mol. The first kappa shape index (κ1) is 15.5. The molecule has 3 nitrogen and oxygen atoms in total. The first-order chi connectivity index (χ1) is 9.36. The Morgan fingerprint density at radius 3 is 2.80 bits per heavy atom. The van der Waals surface area contributed by atoms with Gasteiger partial charge in [0.2, 0.25) is 5.91 Å². The lowest BCUT2D eigenvalue weighted by atomic mass is 9.61. The first-order valence-electron chi connectivity index (χ1n) is 7.43. The van der Waals surface area contributed by atoms with Crippen LogP contribution >= 0.6 is 11.3 Å². The number of hydrogen-bond donors (Lipinski definition) is 2. The van der Waals surface area contributed by atoms with Crippen molar-refractivity contribution in [3.63, 3.8) is 0 Å². The van der Waals surface area contributed by atoms with E-state index in [1.807, 2.05) is 6.07 Å². The number of hydrogen-bond acceptors (Lipinski definition) is 3. The molecule has 1 aliphatic carbocycles. The fraction of sp³-hybridized carbons (Fsp3) is 0.688. The summed E-state index contributed by atoms with van der Waals surface area (Å²) in [5, 5.41) is 5.60. The number of rotatable bonds is 4. The fourth-order valence-corrected chi connectivity index (χ4v) is 4.24. The molecule has 2 atom stereocenters. The molecule has 2 unspecified atom stereocenters. The van der Waals surface area contributed by atoms with E-state index in [1.165, 1.54) is 11.3 Å². The number of carbonyl (C=O) groups is 1. The Labute approximate surface area is 125 Å². The number of thiophene rings is 1. The minimum absolute atomic E-state index is 0.0812.